The van der Waals surface area contributed by atoms with Crippen molar-refractivity contribution in [2.45, 2.75) is 58.8 Å². The Morgan fingerprint density at radius 1 is 1.17 bits per heavy atom. The van der Waals surface area contributed by atoms with Crippen molar-refractivity contribution in [1.82, 2.24) is 0 Å². The first-order valence-electron chi connectivity index (χ1n) is 5.64. The van der Waals surface area contributed by atoms with Crippen molar-refractivity contribution in [3.05, 3.63) is 0 Å². The van der Waals surface area contributed by atoms with Crippen LogP contribution in [-0.4, -0.2) is 40.6 Å². The molecule has 0 unspecified atom stereocenters. The molecule has 0 aromatic rings. The summed E-state index contributed by atoms with van der Waals surface area (Å²) in [4.78, 5) is 33.5. The average molecular weight is 260 g/mol. The van der Waals surface area contributed by atoms with Crippen LogP contribution in [0.4, 0.5) is 0 Å². The van der Waals surface area contributed by atoms with Crippen LogP contribution < -0.4 is 0 Å². The van der Waals surface area contributed by atoms with Crippen LogP contribution in [0, 0.1) is 0 Å². The van der Waals surface area contributed by atoms with Crippen molar-refractivity contribution in [2.75, 3.05) is 0 Å². The smallest absolute Gasteiger partial charge is 0.347 e. The predicted molar refractivity (Wildman–Crippen MR) is 62.7 cm³/mol. The first kappa shape index (κ1) is 16.6. The molecule has 6 heteroatoms. The Balaban J connectivity index is 4.31. The molecule has 0 bridgehead atoms. The number of rotatable bonds is 5. The van der Waals surface area contributed by atoms with Gasteiger partial charge in [0.1, 0.15) is 11.4 Å². The zero-order valence-corrected chi connectivity index (χ0v) is 11.4. The molecule has 0 amide bonds. The standard InChI is InChI=1S/C12H20O6/c1-7(13)6-9(14)11(16)17-8(2)10(15)18-12(3,4)5/h8-9,14H,6H2,1-5H3/t8-,9-/m0/s1. The number of esters is 2. The first-order valence-corrected chi connectivity index (χ1v) is 5.64. The molecule has 0 radical (unpaired) electrons. The molecule has 0 saturated carbocycles. The summed E-state index contributed by atoms with van der Waals surface area (Å²) < 4.78 is 9.70. The molecule has 0 rings (SSSR count). The molecule has 18 heavy (non-hydrogen) atoms. The van der Waals surface area contributed by atoms with Gasteiger partial charge >= 0.3 is 11.9 Å². The fraction of sp³-hybridized carbons (Fsp3) is 0.750. The second kappa shape index (κ2) is 6.49. The maximum absolute atomic E-state index is 11.5. The minimum Gasteiger partial charge on any atom is -0.457 e. The van der Waals surface area contributed by atoms with E-state index in [4.69, 9.17) is 9.47 Å². The summed E-state index contributed by atoms with van der Waals surface area (Å²) in [5, 5.41) is 9.30. The van der Waals surface area contributed by atoms with Gasteiger partial charge in [-0.3, -0.25) is 4.79 Å². The molecule has 0 aliphatic carbocycles. The van der Waals surface area contributed by atoms with E-state index in [-0.39, 0.29) is 12.2 Å². The summed E-state index contributed by atoms with van der Waals surface area (Å²) in [6.45, 7) is 7.64. The molecule has 1 N–H and O–H groups in total. The minimum absolute atomic E-state index is 0.333. The van der Waals surface area contributed by atoms with Gasteiger partial charge in [-0.15, -0.1) is 0 Å². The van der Waals surface area contributed by atoms with Crippen molar-refractivity contribution in [3.63, 3.8) is 0 Å². The Bertz CT molecular complexity index is 328. The minimum atomic E-state index is -1.55. The SMILES string of the molecule is CC(=O)C[C@H](O)C(=O)O[C@@H](C)C(=O)OC(C)(C)C. The van der Waals surface area contributed by atoms with Crippen LogP contribution in [0.15, 0.2) is 0 Å². The van der Waals surface area contributed by atoms with Crippen molar-refractivity contribution in [2.24, 2.45) is 0 Å². The fourth-order valence-corrected chi connectivity index (χ4v) is 1.04. The van der Waals surface area contributed by atoms with E-state index in [1.807, 2.05) is 0 Å². The zero-order valence-electron chi connectivity index (χ0n) is 11.4. The van der Waals surface area contributed by atoms with E-state index >= 15 is 0 Å². The number of carbonyl (C=O) groups excluding carboxylic acids is 3. The number of hydrogen-bond donors (Lipinski definition) is 1. The monoisotopic (exact) mass is 260 g/mol. The highest BCUT2D eigenvalue weighted by molar-refractivity contribution is 5.86. The third-order valence-corrected chi connectivity index (χ3v) is 1.78. The summed E-state index contributed by atoms with van der Waals surface area (Å²) in [5.41, 5.74) is -0.685. The van der Waals surface area contributed by atoms with E-state index in [9.17, 15) is 19.5 Å². The second-order valence-corrected chi connectivity index (χ2v) is 5.03. The lowest BCUT2D eigenvalue weighted by Gasteiger charge is -2.22. The van der Waals surface area contributed by atoms with Gasteiger partial charge in [0.15, 0.2) is 12.2 Å². The lowest BCUT2D eigenvalue weighted by molar-refractivity contribution is -0.178. The fourth-order valence-electron chi connectivity index (χ4n) is 1.04. The Morgan fingerprint density at radius 3 is 2.06 bits per heavy atom. The third kappa shape index (κ3) is 7.01. The number of aliphatic hydroxyl groups excluding tert-OH is 1. The largest absolute Gasteiger partial charge is 0.457 e. The van der Waals surface area contributed by atoms with Gasteiger partial charge in [0.05, 0.1) is 0 Å². The van der Waals surface area contributed by atoms with Crippen LogP contribution >= 0.6 is 0 Å². The van der Waals surface area contributed by atoms with E-state index in [0.717, 1.165) is 0 Å². The molecule has 2 atom stereocenters. The van der Waals surface area contributed by atoms with E-state index < -0.39 is 29.7 Å². The quantitative estimate of drug-likeness (QED) is 0.728. The van der Waals surface area contributed by atoms with Crippen molar-refractivity contribution in [1.29, 1.82) is 0 Å². The molecule has 0 fully saturated rings. The van der Waals surface area contributed by atoms with Crippen molar-refractivity contribution < 1.29 is 29.0 Å². The number of aliphatic hydroxyl groups is 1. The summed E-state index contributed by atoms with van der Waals surface area (Å²) >= 11 is 0. The number of ketones is 1. The van der Waals surface area contributed by atoms with E-state index in [1.165, 1.54) is 13.8 Å². The first-order chi connectivity index (χ1) is 8.03. The maximum Gasteiger partial charge on any atom is 0.347 e. The molecule has 0 aliphatic rings. The van der Waals surface area contributed by atoms with Crippen molar-refractivity contribution >= 4 is 17.7 Å². The molecule has 6 nitrogen and oxygen atoms in total. The van der Waals surface area contributed by atoms with Crippen LogP contribution in [-0.2, 0) is 23.9 Å². The molecule has 0 saturated heterocycles. The number of hydrogen-bond acceptors (Lipinski definition) is 6. The maximum atomic E-state index is 11.5. The normalized spacial score (nSPS) is 14.6. The van der Waals surface area contributed by atoms with Crippen LogP contribution in [0.5, 0.6) is 0 Å². The average Bonchev–Trinajstić information content (AvgIpc) is 2.13. The van der Waals surface area contributed by atoms with E-state index in [0.29, 0.717) is 0 Å². The Labute approximate surface area is 106 Å². The molecular weight excluding hydrogens is 240 g/mol. The summed E-state index contributed by atoms with van der Waals surface area (Å²) in [6.07, 6.45) is -3.01. The van der Waals surface area contributed by atoms with Gasteiger partial charge in [-0.25, -0.2) is 9.59 Å². The topological polar surface area (TPSA) is 89.9 Å². The third-order valence-electron chi connectivity index (χ3n) is 1.78. The number of Topliss-reactive ketones (excluding diaryl/α,β-unsaturated/α-hetero) is 1. The Kier molecular flexibility index (Phi) is 5.97. The lowest BCUT2D eigenvalue weighted by atomic mass is 10.2. The molecule has 0 aliphatic heterocycles. The molecule has 0 aromatic carbocycles. The Morgan fingerprint density at radius 2 is 1.67 bits per heavy atom. The van der Waals surface area contributed by atoms with Gasteiger partial charge in [-0.2, -0.15) is 0 Å². The summed E-state index contributed by atoms with van der Waals surface area (Å²) in [5.74, 6) is -2.06. The van der Waals surface area contributed by atoms with E-state index in [1.54, 1.807) is 20.8 Å². The van der Waals surface area contributed by atoms with Gasteiger partial charge in [0.25, 0.3) is 0 Å². The lowest BCUT2D eigenvalue weighted by Crippen LogP contribution is -2.36. The van der Waals surface area contributed by atoms with Gasteiger partial charge in [-0.1, -0.05) is 0 Å². The van der Waals surface area contributed by atoms with Crippen molar-refractivity contribution in [3.8, 4) is 0 Å². The highest BCUT2D eigenvalue weighted by Crippen LogP contribution is 2.10. The van der Waals surface area contributed by atoms with Crippen LogP contribution in [0.2, 0.25) is 0 Å². The summed E-state index contributed by atoms with van der Waals surface area (Å²) in [6, 6.07) is 0. The van der Waals surface area contributed by atoms with Gasteiger partial charge in [0.2, 0.25) is 0 Å². The molecular formula is C12H20O6. The highest BCUT2D eigenvalue weighted by atomic mass is 16.6. The Hall–Kier alpha value is -1.43. The van der Waals surface area contributed by atoms with Crippen LogP contribution in [0.3, 0.4) is 0 Å². The molecule has 104 valence electrons. The van der Waals surface area contributed by atoms with Crippen LogP contribution in [0.1, 0.15) is 41.0 Å². The molecule has 0 heterocycles. The molecule has 0 aromatic heterocycles. The second-order valence-electron chi connectivity index (χ2n) is 5.03. The summed E-state index contributed by atoms with van der Waals surface area (Å²) in [7, 11) is 0. The van der Waals surface area contributed by atoms with Gasteiger partial charge in [0, 0.05) is 6.42 Å². The number of ether oxygens (including phenoxy) is 2. The zero-order chi connectivity index (χ0) is 14.5. The highest BCUT2D eigenvalue weighted by Gasteiger charge is 2.27. The molecule has 0 spiro atoms. The number of carbonyl (C=O) groups is 3. The predicted octanol–water partition coefficient (Wildman–Crippen LogP) is 0.600. The van der Waals surface area contributed by atoms with Gasteiger partial charge < -0.3 is 14.6 Å². The van der Waals surface area contributed by atoms with Crippen LogP contribution in [0.25, 0.3) is 0 Å². The van der Waals surface area contributed by atoms with E-state index in [2.05, 4.69) is 0 Å². The van der Waals surface area contributed by atoms with Gasteiger partial charge in [-0.05, 0) is 34.6 Å².